The van der Waals surface area contributed by atoms with Gasteiger partial charge in [-0.2, -0.15) is 0 Å². The van der Waals surface area contributed by atoms with Gasteiger partial charge in [-0.3, -0.25) is 0 Å². The predicted molar refractivity (Wildman–Crippen MR) is 13.6 cm³/mol. The summed E-state index contributed by atoms with van der Waals surface area (Å²) in [4.78, 5) is 9.10. The number of hydrogen-bond acceptors (Lipinski definition) is 1. The van der Waals surface area contributed by atoms with Crippen molar-refractivity contribution < 1.29 is 13.8 Å². The maximum Gasteiger partial charge on any atom is 0.373 e. The molecule has 0 aliphatic heterocycles. The average Bonchev–Trinajstić information content (AvgIpc) is 1.36. The minimum absolute atomic E-state index is 1.69. The zero-order valence-corrected chi connectivity index (χ0v) is 2.69. The second kappa shape index (κ2) is 1.54. The van der Waals surface area contributed by atoms with E-state index in [1.165, 1.54) is 0 Å². The molecule has 0 rings (SSSR count). The standard InChI is InChI=1S/CH2F2N2O/c2-5(3)1(4)6/h(H2,4,6). The molecule has 2 N–H and O–H groups in total. The minimum Gasteiger partial charge on any atom is -0.347 e. The van der Waals surface area contributed by atoms with Crippen LogP contribution in [0, 0.1) is 0 Å². The highest BCUT2D eigenvalue weighted by Crippen LogP contribution is 1.83. The van der Waals surface area contributed by atoms with E-state index in [0.29, 0.717) is 0 Å². The Morgan fingerprint density at radius 3 is 1.83 bits per heavy atom. The number of amides is 2. The van der Waals surface area contributed by atoms with Crippen LogP contribution >= 0.6 is 0 Å². The molecule has 0 radical (unpaired) electrons. The summed E-state index contributed by atoms with van der Waals surface area (Å²) in [7, 11) is 0. The summed E-state index contributed by atoms with van der Waals surface area (Å²) in [5.74, 6) is 0. The second-order valence-electron chi connectivity index (χ2n) is 0.571. The minimum atomic E-state index is -1.74. The van der Waals surface area contributed by atoms with Crippen LogP contribution in [-0.4, -0.2) is 11.4 Å². The van der Waals surface area contributed by atoms with Gasteiger partial charge in [-0.05, 0) is 0 Å². The molecular weight excluding hydrogens is 94.0 g/mol. The van der Waals surface area contributed by atoms with Crippen LogP contribution in [0.25, 0.3) is 0 Å². The fraction of sp³-hybridized carbons (Fsp3) is 0. The Balaban J connectivity index is 3.26. The maximum atomic E-state index is 10.5. The van der Waals surface area contributed by atoms with Crippen molar-refractivity contribution in [3.63, 3.8) is 0 Å². The van der Waals surface area contributed by atoms with Gasteiger partial charge in [0.15, 0.2) is 0 Å². The van der Waals surface area contributed by atoms with E-state index in [-0.39, 0.29) is 0 Å². The molecular formula is CH2F2N2O. The first-order valence-electron chi connectivity index (χ1n) is 1.05. The topological polar surface area (TPSA) is 46.3 Å². The van der Waals surface area contributed by atoms with Crippen molar-refractivity contribution >= 4 is 6.03 Å². The Labute approximate surface area is 32.2 Å². The second-order valence-corrected chi connectivity index (χ2v) is 0.571. The number of carbonyl (C=O) groups is 1. The number of rotatable bonds is 0. The molecule has 0 unspecified atom stereocenters. The molecule has 0 aliphatic carbocycles. The summed E-state index contributed by atoms with van der Waals surface area (Å²) in [5, 5.41) is -1.69. The normalized spacial score (nSPS) is 7.67. The molecule has 3 nitrogen and oxygen atoms in total. The van der Waals surface area contributed by atoms with Crippen LogP contribution in [0.1, 0.15) is 0 Å². The van der Waals surface area contributed by atoms with Gasteiger partial charge in [0.2, 0.25) is 0 Å². The monoisotopic (exact) mass is 96.0 g/mol. The van der Waals surface area contributed by atoms with Gasteiger partial charge in [0, 0.05) is 5.34 Å². The van der Waals surface area contributed by atoms with Crippen molar-refractivity contribution in [2.45, 2.75) is 0 Å². The van der Waals surface area contributed by atoms with E-state index in [1.807, 2.05) is 0 Å². The molecule has 0 saturated carbocycles. The first-order valence-corrected chi connectivity index (χ1v) is 1.05. The van der Waals surface area contributed by atoms with Gasteiger partial charge in [0.1, 0.15) is 0 Å². The van der Waals surface area contributed by atoms with Gasteiger partial charge < -0.3 is 5.73 Å². The number of hydrogen-bond donors (Lipinski definition) is 1. The molecule has 0 aromatic rings. The molecule has 0 spiro atoms. The number of halogens is 2. The summed E-state index contributed by atoms with van der Waals surface area (Å²) in [6, 6.07) is -1.74. The van der Waals surface area contributed by atoms with Crippen LogP contribution in [0.5, 0.6) is 0 Å². The summed E-state index contributed by atoms with van der Waals surface area (Å²) >= 11 is 0. The summed E-state index contributed by atoms with van der Waals surface area (Å²) in [6.07, 6.45) is 0. The van der Waals surface area contributed by atoms with Crippen molar-refractivity contribution in [1.82, 2.24) is 5.34 Å². The van der Waals surface area contributed by atoms with Gasteiger partial charge in [-0.25, -0.2) is 4.79 Å². The highest BCUT2D eigenvalue weighted by Gasteiger charge is 2.01. The van der Waals surface area contributed by atoms with Crippen LogP contribution in [-0.2, 0) is 0 Å². The molecule has 0 aliphatic rings. The maximum absolute atomic E-state index is 10.5. The van der Waals surface area contributed by atoms with Crippen LogP contribution in [0.2, 0.25) is 0 Å². The van der Waals surface area contributed by atoms with Crippen LogP contribution in [0.3, 0.4) is 0 Å². The molecule has 2 amide bonds. The van der Waals surface area contributed by atoms with E-state index in [9.17, 15) is 8.96 Å². The fourth-order valence-electron chi connectivity index (χ4n) is 0. The van der Waals surface area contributed by atoms with E-state index in [1.54, 1.807) is 0 Å². The molecule has 36 valence electrons. The third-order valence-electron chi connectivity index (χ3n) is 0.167. The molecule has 5 heteroatoms. The third-order valence-corrected chi connectivity index (χ3v) is 0.167. The molecule has 0 bridgehead atoms. The van der Waals surface area contributed by atoms with E-state index in [2.05, 4.69) is 5.73 Å². The summed E-state index contributed by atoms with van der Waals surface area (Å²) in [5.41, 5.74) is 3.97. The highest BCUT2D eigenvalue weighted by atomic mass is 19.4. The Kier molecular flexibility index (Phi) is 1.31. The summed E-state index contributed by atoms with van der Waals surface area (Å²) < 4.78 is 21.0. The van der Waals surface area contributed by atoms with E-state index < -0.39 is 11.4 Å². The van der Waals surface area contributed by atoms with Crippen molar-refractivity contribution in [2.75, 3.05) is 0 Å². The molecule has 6 heavy (non-hydrogen) atoms. The first kappa shape index (κ1) is 5.13. The van der Waals surface area contributed by atoms with Crippen molar-refractivity contribution in [1.29, 1.82) is 0 Å². The van der Waals surface area contributed by atoms with Crippen molar-refractivity contribution in [3.8, 4) is 0 Å². The van der Waals surface area contributed by atoms with E-state index >= 15 is 0 Å². The SMILES string of the molecule is NC(=O)N(F)F. The zero-order valence-electron chi connectivity index (χ0n) is 2.69. The smallest absolute Gasteiger partial charge is 0.347 e. The number of primary amides is 1. The molecule has 0 heterocycles. The molecule has 0 fully saturated rings. The lowest BCUT2D eigenvalue weighted by Crippen LogP contribution is -2.20. The first-order chi connectivity index (χ1) is 2.64. The van der Waals surface area contributed by atoms with Crippen molar-refractivity contribution in [3.05, 3.63) is 0 Å². The highest BCUT2D eigenvalue weighted by molar-refractivity contribution is 5.69. The van der Waals surface area contributed by atoms with Crippen LogP contribution in [0.4, 0.5) is 13.8 Å². The van der Waals surface area contributed by atoms with E-state index in [4.69, 9.17) is 4.79 Å². The molecule has 0 aromatic carbocycles. The van der Waals surface area contributed by atoms with Gasteiger partial charge >= 0.3 is 6.03 Å². The summed E-state index contributed by atoms with van der Waals surface area (Å²) in [6.45, 7) is 0. The van der Waals surface area contributed by atoms with Gasteiger partial charge in [-0.1, -0.05) is 8.96 Å². The van der Waals surface area contributed by atoms with Gasteiger partial charge in [0.25, 0.3) is 0 Å². The number of nitrogens with zero attached hydrogens (tertiary/aromatic N) is 1. The van der Waals surface area contributed by atoms with E-state index in [0.717, 1.165) is 0 Å². The van der Waals surface area contributed by atoms with Crippen LogP contribution in [0.15, 0.2) is 0 Å². The Hall–Kier alpha value is -0.870. The molecule has 0 aromatic heterocycles. The lowest BCUT2D eigenvalue weighted by atomic mass is 11.2. The number of carbonyl (C=O) groups excluding carboxylic acids is 1. The Bertz CT molecular complexity index is 62.6. The zero-order chi connectivity index (χ0) is 5.15. The third kappa shape index (κ3) is 1.45. The predicted octanol–water partition coefficient (Wildman–Crippen LogP) is 0.136. The number of nitrogens with two attached hydrogens (primary N) is 1. The average molecular weight is 96.0 g/mol. The number of urea groups is 1. The largest absolute Gasteiger partial charge is 0.373 e. The Morgan fingerprint density at radius 1 is 1.67 bits per heavy atom. The fourth-order valence-corrected chi connectivity index (χ4v) is 0. The lowest BCUT2D eigenvalue weighted by Gasteiger charge is -1.87. The molecule has 0 saturated heterocycles. The molecule has 0 atom stereocenters. The van der Waals surface area contributed by atoms with Crippen LogP contribution < -0.4 is 5.73 Å². The van der Waals surface area contributed by atoms with Crippen molar-refractivity contribution in [2.24, 2.45) is 5.73 Å². The Morgan fingerprint density at radius 2 is 1.83 bits per heavy atom. The quantitative estimate of drug-likeness (QED) is 0.428. The lowest BCUT2D eigenvalue weighted by molar-refractivity contribution is -0.0954. The van der Waals surface area contributed by atoms with Gasteiger partial charge in [0.05, 0.1) is 0 Å². The van der Waals surface area contributed by atoms with Gasteiger partial charge in [-0.15, -0.1) is 0 Å².